The van der Waals surface area contributed by atoms with Gasteiger partial charge >= 0.3 is 0 Å². The second-order valence-electron chi connectivity index (χ2n) is 4.33. The quantitative estimate of drug-likeness (QED) is 0.788. The van der Waals surface area contributed by atoms with Crippen molar-refractivity contribution in [2.45, 2.75) is 19.4 Å². The molecule has 0 saturated heterocycles. The summed E-state index contributed by atoms with van der Waals surface area (Å²) in [5, 5.41) is 3.41. The van der Waals surface area contributed by atoms with E-state index in [-0.39, 0.29) is 0 Å². The third kappa shape index (κ3) is 1.55. The molecule has 0 aliphatic carbocycles. The molecule has 82 valence electrons. The molecule has 16 heavy (non-hydrogen) atoms. The van der Waals surface area contributed by atoms with Crippen LogP contribution in [-0.2, 0) is 6.54 Å². The standard InChI is InChI=1S/C14H15NO/c1-10-7-12-13(8-15-9-14(12)16-10)11-5-3-2-4-6-11/h2-7,13,15H,8-9H2,1H3. The van der Waals surface area contributed by atoms with E-state index in [1.807, 2.05) is 6.92 Å². The number of furan rings is 1. The highest BCUT2D eigenvalue weighted by Crippen LogP contribution is 2.31. The van der Waals surface area contributed by atoms with E-state index in [1.165, 1.54) is 11.1 Å². The maximum absolute atomic E-state index is 5.70. The Kier molecular flexibility index (Phi) is 2.29. The Bertz CT molecular complexity index is 487. The number of aryl methyl sites for hydroxylation is 1. The fraction of sp³-hybridized carbons (Fsp3) is 0.286. The van der Waals surface area contributed by atoms with Gasteiger partial charge in [0, 0.05) is 18.0 Å². The molecule has 2 heteroatoms. The zero-order valence-corrected chi connectivity index (χ0v) is 9.36. The van der Waals surface area contributed by atoms with Crippen LogP contribution in [-0.4, -0.2) is 6.54 Å². The molecule has 0 saturated carbocycles. The third-order valence-corrected chi connectivity index (χ3v) is 3.18. The van der Waals surface area contributed by atoms with Crippen LogP contribution in [0.25, 0.3) is 0 Å². The monoisotopic (exact) mass is 213 g/mol. The molecule has 1 aliphatic heterocycles. The van der Waals surface area contributed by atoms with Crippen molar-refractivity contribution in [1.82, 2.24) is 5.32 Å². The van der Waals surface area contributed by atoms with Gasteiger partial charge in [-0.3, -0.25) is 0 Å². The van der Waals surface area contributed by atoms with E-state index in [0.29, 0.717) is 5.92 Å². The van der Waals surface area contributed by atoms with Gasteiger partial charge in [-0.25, -0.2) is 0 Å². The second kappa shape index (κ2) is 3.80. The van der Waals surface area contributed by atoms with Crippen LogP contribution in [0.5, 0.6) is 0 Å². The lowest BCUT2D eigenvalue weighted by Gasteiger charge is -2.22. The zero-order valence-electron chi connectivity index (χ0n) is 9.36. The number of hydrogen-bond acceptors (Lipinski definition) is 2. The highest BCUT2D eigenvalue weighted by Gasteiger charge is 2.24. The summed E-state index contributed by atoms with van der Waals surface area (Å²) >= 11 is 0. The van der Waals surface area contributed by atoms with Crippen LogP contribution in [0.2, 0.25) is 0 Å². The van der Waals surface area contributed by atoms with E-state index in [0.717, 1.165) is 24.6 Å². The van der Waals surface area contributed by atoms with Gasteiger partial charge in [-0.15, -0.1) is 0 Å². The number of nitrogens with one attached hydrogen (secondary N) is 1. The van der Waals surface area contributed by atoms with Crippen molar-refractivity contribution in [1.29, 1.82) is 0 Å². The molecule has 1 unspecified atom stereocenters. The van der Waals surface area contributed by atoms with Crippen LogP contribution in [0.4, 0.5) is 0 Å². The molecule has 1 aromatic heterocycles. The molecule has 1 N–H and O–H groups in total. The van der Waals surface area contributed by atoms with Crippen LogP contribution in [0.15, 0.2) is 40.8 Å². The number of rotatable bonds is 1. The van der Waals surface area contributed by atoms with E-state index in [9.17, 15) is 0 Å². The van der Waals surface area contributed by atoms with Crippen molar-refractivity contribution >= 4 is 0 Å². The fourth-order valence-electron chi connectivity index (χ4n) is 2.44. The molecular formula is C14H15NO. The molecule has 2 aromatic rings. The first-order valence-electron chi connectivity index (χ1n) is 5.69. The van der Waals surface area contributed by atoms with Crippen molar-refractivity contribution in [3.05, 3.63) is 59.0 Å². The molecule has 0 fully saturated rings. The largest absolute Gasteiger partial charge is 0.465 e. The molecule has 2 heterocycles. The van der Waals surface area contributed by atoms with Gasteiger partial charge < -0.3 is 9.73 Å². The topological polar surface area (TPSA) is 25.2 Å². The van der Waals surface area contributed by atoms with Crippen molar-refractivity contribution in [3.8, 4) is 0 Å². The predicted molar refractivity (Wildman–Crippen MR) is 63.4 cm³/mol. The summed E-state index contributed by atoms with van der Waals surface area (Å²) in [5.74, 6) is 2.54. The summed E-state index contributed by atoms with van der Waals surface area (Å²) in [7, 11) is 0. The van der Waals surface area contributed by atoms with Crippen LogP contribution in [0.1, 0.15) is 28.6 Å². The van der Waals surface area contributed by atoms with Gasteiger partial charge in [-0.1, -0.05) is 30.3 Å². The van der Waals surface area contributed by atoms with Gasteiger partial charge in [0.1, 0.15) is 11.5 Å². The normalized spacial score (nSPS) is 19.4. The van der Waals surface area contributed by atoms with Gasteiger partial charge in [-0.05, 0) is 18.6 Å². The summed E-state index contributed by atoms with van der Waals surface area (Å²) in [4.78, 5) is 0. The molecular weight excluding hydrogens is 198 g/mol. The van der Waals surface area contributed by atoms with Gasteiger partial charge in [0.2, 0.25) is 0 Å². The zero-order chi connectivity index (χ0) is 11.0. The molecule has 0 bridgehead atoms. The minimum Gasteiger partial charge on any atom is -0.465 e. The van der Waals surface area contributed by atoms with Crippen molar-refractivity contribution in [2.75, 3.05) is 6.54 Å². The minimum absolute atomic E-state index is 0.433. The minimum atomic E-state index is 0.433. The lowest BCUT2D eigenvalue weighted by Crippen LogP contribution is -2.27. The Morgan fingerprint density at radius 1 is 1.25 bits per heavy atom. The summed E-state index contributed by atoms with van der Waals surface area (Å²) in [6, 6.07) is 12.8. The number of fused-ring (bicyclic) bond motifs is 1. The van der Waals surface area contributed by atoms with E-state index >= 15 is 0 Å². The van der Waals surface area contributed by atoms with E-state index in [2.05, 4.69) is 41.7 Å². The summed E-state index contributed by atoms with van der Waals surface area (Å²) in [5.41, 5.74) is 2.71. The molecule has 1 aliphatic rings. The molecule has 1 atom stereocenters. The lowest BCUT2D eigenvalue weighted by molar-refractivity contribution is 0.435. The van der Waals surface area contributed by atoms with Gasteiger partial charge in [0.05, 0.1) is 6.54 Å². The molecule has 2 nitrogen and oxygen atoms in total. The van der Waals surface area contributed by atoms with Crippen LogP contribution in [0.3, 0.4) is 0 Å². The first-order valence-corrected chi connectivity index (χ1v) is 5.69. The van der Waals surface area contributed by atoms with Crippen LogP contribution >= 0.6 is 0 Å². The summed E-state index contributed by atoms with van der Waals surface area (Å²) in [6.07, 6.45) is 0. The van der Waals surface area contributed by atoms with Gasteiger partial charge in [-0.2, -0.15) is 0 Å². The Hall–Kier alpha value is -1.54. The van der Waals surface area contributed by atoms with Gasteiger partial charge in [0.15, 0.2) is 0 Å². The Morgan fingerprint density at radius 2 is 2.06 bits per heavy atom. The van der Waals surface area contributed by atoms with E-state index in [1.54, 1.807) is 0 Å². The molecule has 0 radical (unpaired) electrons. The smallest absolute Gasteiger partial charge is 0.121 e. The third-order valence-electron chi connectivity index (χ3n) is 3.18. The fourth-order valence-corrected chi connectivity index (χ4v) is 2.44. The average Bonchev–Trinajstić information content (AvgIpc) is 2.70. The molecule has 3 rings (SSSR count). The van der Waals surface area contributed by atoms with Crippen LogP contribution in [0, 0.1) is 6.92 Å². The highest BCUT2D eigenvalue weighted by molar-refractivity contribution is 5.37. The summed E-state index contributed by atoms with van der Waals surface area (Å²) < 4.78 is 5.70. The molecule has 0 spiro atoms. The van der Waals surface area contributed by atoms with Crippen LogP contribution < -0.4 is 5.32 Å². The first-order chi connectivity index (χ1) is 7.84. The highest BCUT2D eigenvalue weighted by atomic mass is 16.3. The maximum atomic E-state index is 5.70. The first kappa shape index (κ1) is 9.67. The van der Waals surface area contributed by atoms with Crippen molar-refractivity contribution in [2.24, 2.45) is 0 Å². The summed E-state index contributed by atoms with van der Waals surface area (Å²) in [6.45, 7) is 3.86. The lowest BCUT2D eigenvalue weighted by atomic mass is 9.89. The maximum Gasteiger partial charge on any atom is 0.121 e. The SMILES string of the molecule is Cc1cc2c(o1)CNCC2c1ccccc1. The van der Waals surface area contributed by atoms with Crippen molar-refractivity contribution in [3.63, 3.8) is 0 Å². The van der Waals surface area contributed by atoms with Gasteiger partial charge in [0.25, 0.3) is 0 Å². The predicted octanol–water partition coefficient (Wildman–Crippen LogP) is 2.82. The molecule has 0 amide bonds. The molecule has 1 aromatic carbocycles. The average molecular weight is 213 g/mol. The Balaban J connectivity index is 2.05. The van der Waals surface area contributed by atoms with Crippen molar-refractivity contribution < 1.29 is 4.42 Å². The number of benzene rings is 1. The Morgan fingerprint density at radius 3 is 2.88 bits per heavy atom. The Labute approximate surface area is 95.3 Å². The second-order valence-corrected chi connectivity index (χ2v) is 4.33. The van der Waals surface area contributed by atoms with E-state index < -0.39 is 0 Å². The van der Waals surface area contributed by atoms with E-state index in [4.69, 9.17) is 4.42 Å². The number of hydrogen-bond donors (Lipinski definition) is 1.